The van der Waals surface area contributed by atoms with Crippen LogP contribution in [0.3, 0.4) is 0 Å². The van der Waals surface area contributed by atoms with E-state index in [0.29, 0.717) is 0 Å². The third kappa shape index (κ3) is 8.87. The molecule has 0 fully saturated rings. The van der Waals surface area contributed by atoms with Crippen LogP contribution in [0.5, 0.6) is 0 Å². The Bertz CT molecular complexity index is 941. The first-order valence-electron chi connectivity index (χ1n) is 8.15. The van der Waals surface area contributed by atoms with Crippen molar-refractivity contribution in [1.82, 2.24) is 0 Å². The molecule has 0 heterocycles. The highest BCUT2D eigenvalue weighted by atomic mass is 80.0. The molecular formula is C13HBr25O2. The maximum absolute atomic E-state index is 11.3. The van der Waals surface area contributed by atoms with E-state index in [2.05, 4.69) is 398 Å². The lowest BCUT2D eigenvalue weighted by Gasteiger charge is -2.60. The highest BCUT2D eigenvalue weighted by molar-refractivity contribution is 9.42. The van der Waals surface area contributed by atoms with Gasteiger partial charge in [0, 0.05) is 0 Å². The summed E-state index contributed by atoms with van der Waals surface area (Å²) < 4.78 is -9.26. The molecule has 0 aromatic carbocycles. The minimum Gasteiger partial charge on any atom is -0.437 e. The molecule has 27 heteroatoms. The Morgan fingerprint density at radius 3 is 0.650 bits per heavy atom. The quantitative estimate of drug-likeness (QED) is 0.144. The number of ether oxygens (including phenoxy) is 1. The van der Waals surface area contributed by atoms with Gasteiger partial charge in [-0.05, 0) is 31.9 Å². The molecular weight excluding hydrogens is 2190 g/mol. The minimum atomic E-state index is -1.48. The summed E-state index contributed by atoms with van der Waals surface area (Å²) in [5.41, 5.74) is 0. The average molecular weight is 2190 g/mol. The van der Waals surface area contributed by atoms with Crippen LogP contribution in [0, 0.1) is 0 Å². The van der Waals surface area contributed by atoms with Crippen molar-refractivity contribution in [2.75, 3.05) is 0 Å². The maximum atomic E-state index is 11.3. The fourth-order valence-corrected chi connectivity index (χ4v) is 25.7. The Morgan fingerprint density at radius 2 is 0.475 bits per heavy atom. The molecule has 0 N–H and O–H groups in total. The predicted molar refractivity (Wildman–Crippen MR) is 263 cm³/mol. The highest BCUT2D eigenvalue weighted by Gasteiger charge is 2.81. The van der Waals surface area contributed by atoms with Crippen molar-refractivity contribution in [3.8, 4) is 0 Å². The zero-order valence-electron chi connectivity index (χ0n) is 16.8. The molecule has 0 unspecified atom stereocenters. The number of hydrogen-bond acceptors (Lipinski definition) is 2. The van der Waals surface area contributed by atoms with Gasteiger partial charge in [0.2, 0.25) is 3.42 Å². The fourth-order valence-electron chi connectivity index (χ4n) is 2.07. The molecule has 0 aromatic heterocycles. The van der Waals surface area contributed by atoms with Crippen LogP contribution in [0.25, 0.3) is 0 Å². The molecule has 0 amide bonds. The van der Waals surface area contributed by atoms with Crippen molar-refractivity contribution in [2.24, 2.45) is 0 Å². The summed E-state index contributed by atoms with van der Waals surface area (Å²) in [4.78, 5) is 11.3. The third-order valence-electron chi connectivity index (χ3n) is 4.47. The zero-order chi connectivity index (χ0) is 33.4. The first-order chi connectivity index (χ1) is 16.8. The molecule has 0 rings (SSSR count). The predicted octanol–water partition coefficient (Wildman–Crippen LogP) is 18.3. The molecule has 0 aliphatic carbocycles. The largest absolute Gasteiger partial charge is 0.437 e. The molecule has 0 bridgehead atoms. The van der Waals surface area contributed by atoms with E-state index in [1.54, 1.807) is 0 Å². The number of carbonyl (C=O) groups excluding carboxylic acids is 1. The molecule has 0 spiro atoms. The molecule has 40 heavy (non-hydrogen) atoms. The second-order valence-electron chi connectivity index (χ2n) is 6.97. The van der Waals surface area contributed by atoms with Crippen LogP contribution < -0.4 is 0 Å². The zero-order valence-corrected chi connectivity index (χ0v) is 56.5. The smallest absolute Gasteiger partial charge is 0.295 e. The van der Waals surface area contributed by atoms with Gasteiger partial charge in [-0.25, -0.2) is 0 Å². The Balaban J connectivity index is 7.32. The van der Waals surface area contributed by atoms with Crippen molar-refractivity contribution in [2.45, 2.75) is 37.9 Å². The van der Waals surface area contributed by atoms with E-state index in [9.17, 15) is 4.79 Å². The maximum Gasteiger partial charge on any atom is 0.295 e. The van der Waals surface area contributed by atoms with Crippen molar-refractivity contribution >= 4 is 405 Å². The molecule has 2 nitrogen and oxygen atoms in total. The SMILES string of the molecule is O=COC(Br)(Br)C(Br)(Br)C(Br)(Br)C(Br)(Br)C(Br)(Br)C(Br)(Br)C(Br)(Br)C(Br)(Br)C(Br)(Br)C(Br)(Br)C(Br)(Br)C(Br)(Br)Br. The number of alkyl halides is 25. The van der Waals surface area contributed by atoms with Crippen LogP contribution in [0.15, 0.2) is 0 Å². The summed E-state index contributed by atoms with van der Waals surface area (Å²) in [7, 11) is 0. The van der Waals surface area contributed by atoms with Gasteiger partial charge in [-0.3, -0.25) is 4.79 Å². The lowest BCUT2D eigenvalue weighted by molar-refractivity contribution is -0.131. The minimum absolute atomic E-state index is 0.287. The van der Waals surface area contributed by atoms with Crippen LogP contribution >= 0.6 is 398 Å². The summed E-state index contributed by atoms with van der Waals surface area (Å²) in [6.45, 7) is 0.287. The number of hydrogen-bond donors (Lipinski definition) is 0. The van der Waals surface area contributed by atoms with Crippen molar-refractivity contribution < 1.29 is 9.53 Å². The molecule has 0 saturated carbocycles. The Morgan fingerprint density at radius 1 is 0.300 bits per heavy atom. The van der Waals surface area contributed by atoms with Crippen LogP contribution in [-0.4, -0.2) is 44.4 Å². The van der Waals surface area contributed by atoms with Gasteiger partial charge in [0.1, 0.15) is 29.1 Å². The standard InChI is InChI=1S/C13HBr25O2/c14-2(15,4(18,19)6(22,23)8(26,27)10(30,31)12(34,35)36)3(16,17)5(20,21)7(24,25)9(28,29)11(32,33)13(37,38)40-1-39/h1H. The lowest BCUT2D eigenvalue weighted by atomic mass is 10.0. The first-order valence-corrected chi connectivity index (χ1v) is 28.0. The normalized spacial score (nSPS) is 16.7. The topological polar surface area (TPSA) is 26.3 Å². The lowest BCUT2D eigenvalue weighted by Crippen LogP contribution is -2.72. The van der Waals surface area contributed by atoms with Gasteiger partial charge < -0.3 is 4.74 Å². The first kappa shape index (κ1) is 51.5. The highest BCUT2D eigenvalue weighted by Crippen LogP contribution is 2.81. The average Bonchev–Trinajstić information content (AvgIpc) is 2.71. The molecule has 0 atom stereocenters. The Hall–Kier alpha value is 11.5. The Labute approximate surface area is 441 Å². The van der Waals surface area contributed by atoms with Gasteiger partial charge in [-0.15, -0.1) is 0 Å². The van der Waals surface area contributed by atoms with E-state index < -0.39 is 37.9 Å². The molecule has 0 aliphatic rings. The van der Waals surface area contributed by atoms with E-state index in [-0.39, 0.29) is 6.47 Å². The van der Waals surface area contributed by atoms with Crippen LogP contribution in [0.1, 0.15) is 0 Å². The van der Waals surface area contributed by atoms with Gasteiger partial charge >= 0.3 is 0 Å². The third-order valence-corrected chi connectivity index (χ3v) is 56.0. The van der Waals surface area contributed by atoms with Gasteiger partial charge in [-0.1, -0.05) is 366 Å². The second kappa shape index (κ2) is 16.9. The summed E-state index contributed by atoms with van der Waals surface area (Å²) in [5.74, 6) is 0. The van der Waals surface area contributed by atoms with E-state index in [0.717, 1.165) is 0 Å². The summed E-state index contributed by atoms with van der Waals surface area (Å²) in [5, 5.41) is 0. The number of halogens is 25. The molecule has 0 saturated heterocycles. The summed E-state index contributed by atoms with van der Waals surface area (Å²) in [6, 6.07) is 0. The van der Waals surface area contributed by atoms with Crippen molar-refractivity contribution in [3.05, 3.63) is 0 Å². The van der Waals surface area contributed by atoms with E-state index >= 15 is 0 Å². The van der Waals surface area contributed by atoms with Gasteiger partial charge in [-0.2, -0.15) is 0 Å². The van der Waals surface area contributed by atoms with Crippen molar-refractivity contribution in [1.29, 1.82) is 0 Å². The van der Waals surface area contributed by atoms with Crippen LogP contribution in [-0.2, 0) is 9.53 Å². The fraction of sp³-hybridized carbons (Fsp3) is 0.923. The number of carbonyl (C=O) groups is 1. The second-order valence-corrected chi connectivity index (χ2v) is 51.5. The van der Waals surface area contributed by atoms with Crippen molar-refractivity contribution in [3.63, 3.8) is 0 Å². The van der Waals surface area contributed by atoms with Gasteiger partial charge in [0.05, 0.1) is 0 Å². The van der Waals surface area contributed by atoms with Crippen LogP contribution in [0.2, 0.25) is 0 Å². The summed E-state index contributed by atoms with van der Waals surface area (Å²) >= 11 is 93.9. The molecule has 0 aliphatic heterocycles. The van der Waals surface area contributed by atoms with Gasteiger partial charge in [0.15, 0.2) is 5.38 Å². The molecule has 0 radical (unpaired) electrons. The van der Waals surface area contributed by atoms with E-state index in [4.69, 9.17) is 4.74 Å². The summed E-state index contributed by atoms with van der Waals surface area (Å²) in [6.07, 6.45) is 0. The van der Waals surface area contributed by atoms with E-state index in [1.165, 1.54) is 0 Å². The van der Waals surface area contributed by atoms with Gasteiger partial charge in [0.25, 0.3) is 6.47 Å². The molecule has 240 valence electrons. The molecule has 0 aromatic rings. The number of rotatable bonds is 12. The Kier molecular flexibility index (Phi) is 21.8. The van der Waals surface area contributed by atoms with E-state index in [1.807, 2.05) is 0 Å². The monoisotopic (exact) mass is 2160 g/mol. The van der Waals surface area contributed by atoms with Crippen LogP contribution in [0.4, 0.5) is 0 Å².